The van der Waals surface area contributed by atoms with Gasteiger partial charge in [0.15, 0.2) is 11.5 Å². The zero-order valence-electron chi connectivity index (χ0n) is 24.2. The smallest absolute Gasteiger partial charge is 0.320 e. The molecule has 4 aromatic carbocycles. The average Bonchev–Trinajstić information content (AvgIpc) is 2.96. The minimum Gasteiger partial charge on any atom is -0.507 e. The molecule has 0 heterocycles. The van der Waals surface area contributed by atoms with Gasteiger partial charge in [-0.2, -0.15) is 0 Å². The van der Waals surface area contributed by atoms with E-state index in [1.165, 1.54) is 0 Å². The Morgan fingerprint density at radius 1 is 0.574 bits per heavy atom. The molecule has 0 aromatic heterocycles. The number of rotatable bonds is 10. The molecule has 0 fully saturated rings. The number of ether oxygens (including phenoxy) is 2. The first kappa shape index (κ1) is 43.5. The number of hydrogen-bond acceptors (Lipinski definition) is 8. The molecule has 0 aliphatic heterocycles. The van der Waals surface area contributed by atoms with Crippen molar-refractivity contribution in [2.75, 3.05) is 0 Å². The summed E-state index contributed by atoms with van der Waals surface area (Å²) >= 11 is 12.7. The minimum atomic E-state index is -1.02. The fourth-order valence-electron chi connectivity index (χ4n) is 3.68. The summed E-state index contributed by atoms with van der Waals surface area (Å²) in [6.45, 7) is 0. The van der Waals surface area contributed by atoms with E-state index in [4.69, 9.17) is 31.2 Å². The van der Waals surface area contributed by atoms with Gasteiger partial charge in [0, 0.05) is 29.6 Å². The maximum Gasteiger partial charge on any atom is 0.320 e. The van der Waals surface area contributed by atoms with Gasteiger partial charge in [-0.05, 0) is 220 Å². The number of aromatic hydroxyl groups is 2. The largest absolute Gasteiger partial charge is 0.507 e. The molecule has 0 unspecified atom stereocenters. The van der Waals surface area contributed by atoms with Crippen molar-refractivity contribution in [2.45, 2.75) is 24.9 Å². The van der Waals surface area contributed by atoms with E-state index in [0.717, 1.165) is 25.4 Å². The number of carboxylic acid groups (broad SMARTS) is 2. The van der Waals surface area contributed by atoms with Gasteiger partial charge in [-0.25, -0.2) is 0 Å². The van der Waals surface area contributed by atoms with Gasteiger partial charge in [-0.3, -0.25) is 9.59 Å². The monoisotopic (exact) mass is 1320 g/mol. The normalized spacial score (nSPS) is 11.7. The minimum absolute atomic E-state index is 0. The van der Waals surface area contributed by atoms with E-state index >= 15 is 0 Å². The van der Waals surface area contributed by atoms with Crippen molar-refractivity contribution in [2.24, 2.45) is 11.5 Å². The average molecular weight is 1320 g/mol. The molecule has 0 saturated carbocycles. The maximum absolute atomic E-state index is 10.9. The second kappa shape index (κ2) is 20.4. The molecule has 1 radical (unpaired) electrons. The second-order valence-electron chi connectivity index (χ2n) is 9.51. The molecule has 0 bridgehead atoms. The molecule has 0 amide bonds. The molecule has 47 heavy (non-hydrogen) atoms. The zero-order chi connectivity index (χ0) is 34.3. The van der Waals surface area contributed by atoms with E-state index in [-0.39, 0.29) is 53.9 Å². The van der Waals surface area contributed by atoms with Crippen LogP contribution in [-0.2, 0) is 22.4 Å². The quantitative estimate of drug-likeness (QED) is 0.0686. The first-order valence-corrected chi connectivity index (χ1v) is 19.3. The van der Waals surface area contributed by atoms with Gasteiger partial charge in [0.2, 0.25) is 0 Å². The van der Waals surface area contributed by atoms with Crippen molar-refractivity contribution in [1.29, 1.82) is 0 Å². The Kier molecular flexibility index (Phi) is 18.9. The Morgan fingerprint density at radius 2 is 0.872 bits per heavy atom. The summed E-state index contributed by atoms with van der Waals surface area (Å²) in [7, 11) is 0. The van der Waals surface area contributed by atoms with E-state index < -0.39 is 24.0 Å². The van der Waals surface area contributed by atoms with Gasteiger partial charge in [0.05, 0.1) is 21.4 Å². The summed E-state index contributed by atoms with van der Waals surface area (Å²) in [5.41, 5.74) is 12.9. The Bertz CT molecular complexity index is 1590. The number of hydrogen-bond donors (Lipinski definition) is 6. The number of carboxylic acids is 2. The number of benzene rings is 4. The fourth-order valence-corrected chi connectivity index (χ4v) is 8.88. The van der Waals surface area contributed by atoms with Crippen LogP contribution in [0.2, 0.25) is 0 Å². The van der Waals surface area contributed by atoms with Gasteiger partial charge in [0.25, 0.3) is 0 Å². The van der Waals surface area contributed by atoms with Crippen molar-refractivity contribution < 1.29 is 39.5 Å². The van der Waals surface area contributed by atoms with Crippen LogP contribution in [0.4, 0.5) is 0 Å². The van der Waals surface area contributed by atoms with Crippen molar-refractivity contribution in [3.63, 3.8) is 0 Å². The molecular formula is C30H24I6N2NaO8. The van der Waals surface area contributed by atoms with Crippen LogP contribution in [0.1, 0.15) is 11.1 Å². The van der Waals surface area contributed by atoms with E-state index in [1.807, 2.05) is 69.4 Å². The third-order valence-corrected chi connectivity index (χ3v) is 10.9. The number of aliphatic carboxylic acids is 2. The van der Waals surface area contributed by atoms with Gasteiger partial charge in [-0.1, -0.05) is 0 Å². The predicted molar refractivity (Wildman–Crippen MR) is 230 cm³/mol. The standard InChI is InChI=1S/2C15H12I3NO4.Na/c2*16-9-6-8(1-2-13(9)20)23-14-10(17)3-7(4-11(14)18)5-12(19)15(21)22;/h2*1-4,6,12,20H,5,19H2,(H,21,22);/t2*12-;/m00./s1. The summed E-state index contributed by atoms with van der Waals surface area (Å²) in [6.07, 6.45) is 0.525. The predicted octanol–water partition coefficient (Wildman–Crippen LogP) is 7.52. The Balaban J connectivity index is 0.000000320. The third-order valence-electron chi connectivity index (χ3n) is 5.94. The van der Waals surface area contributed by atoms with Crippen LogP contribution < -0.4 is 20.9 Å². The number of halogens is 6. The Morgan fingerprint density at radius 3 is 1.13 bits per heavy atom. The van der Waals surface area contributed by atoms with E-state index in [0.29, 0.717) is 30.1 Å². The fraction of sp³-hybridized carbons (Fsp3) is 0.133. The Labute approximate surface area is 374 Å². The number of phenolic OH excluding ortho intramolecular Hbond substituents is 2. The van der Waals surface area contributed by atoms with Crippen LogP contribution in [0.25, 0.3) is 0 Å². The van der Waals surface area contributed by atoms with E-state index in [1.54, 1.807) is 36.4 Å². The molecule has 10 nitrogen and oxygen atoms in total. The summed E-state index contributed by atoms with van der Waals surface area (Å²) in [6, 6.07) is 15.7. The second-order valence-corrected chi connectivity index (χ2v) is 16.5. The number of phenols is 2. The summed E-state index contributed by atoms with van der Waals surface area (Å²) in [4.78, 5) is 21.7. The van der Waals surface area contributed by atoms with E-state index in [9.17, 15) is 19.8 Å². The third kappa shape index (κ3) is 13.4. The molecule has 0 aliphatic carbocycles. The summed E-state index contributed by atoms with van der Waals surface area (Å²) < 4.78 is 16.7. The van der Waals surface area contributed by atoms with Gasteiger partial charge < -0.3 is 41.4 Å². The molecular weight excluding hydrogens is 1300 g/mol. The first-order valence-electron chi connectivity index (χ1n) is 12.8. The molecule has 0 spiro atoms. The van der Waals surface area contributed by atoms with Crippen molar-refractivity contribution in [3.05, 3.63) is 93.2 Å². The SMILES string of the molecule is N[C@@H](Cc1cc(I)c(Oc2ccc(O)c(I)c2)c(I)c1)C(=O)O.N[C@@H](Cc1cc(I)c(Oc2ccc(O)c(I)c2)c(I)c1)C(=O)O.[Na]. The molecule has 4 aromatic rings. The van der Waals surface area contributed by atoms with Gasteiger partial charge in [-0.15, -0.1) is 0 Å². The van der Waals surface area contributed by atoms with Crippen LogP contribution in [0.3, 0.4) is 0 Å². The topological polar surface area (TPSA) is 186 Å². The van der Waals surface area contributed by atoms with Gasteiger partial charge >= 0.3 is 11.9 Å². The van der Waals surface area contributed by atoms with Crippen molar-refractivity contribution in [1.82, 2.24) is 0 Å². The number of nitrogens with two attached hydrogens (primary N) is 2. The molecule has 0 aliphatic rings. The molecule has 17 heteroatoms. The Hall–Kier alpha value is 0.320. The molecule has 2 atom stereocenters. The first-order chi connectivity index (χ1) is 21.5. The van der Waals surface area contributed by atoms with E-state index in [2.05, 4.69) is 90.4 Å². The van der Waals surface area contributed by atoms with Crippen LogP contribution in [0, 0.1) is 21.4 Å². The summed E-state index contributed by atoms with van der Waals surface area (Å²) in [5.74, 6) is 1.01. The molecule has 4 rings (SSSR count). The summed E-state index contributed by atoms with van der Waals surface area (Å²) in [5, 5.41) is 36.9. The van der Waals surface area contributed by atoms with Crippen LogP contribution in [0.5, 0.6) is 34.5 Å². The number of carbonyl (C=O) groups is 2. The van der Waals surface area contributed by atoms with Crippen molar-refractivity contribution >= 4 is 177 Å². The van der Waals surface area contributed by atoms with Crippen molar-refractivity contribution in [3.8, 4) is 34.5 Å². The van der Waals surface area contributed by atoms with Gasteiger partial charge in [0.1, 0.15) is 35.1 Å². The molecule has 0 saturated heterocycles. The van der Waals surface area contributed by atoms with Crippen LogP contribution >= 0.6 is 136 Å². The van der Waals surface area contributed by atoms with Crippen LogP contribution in [-0.4, -0.2) is 74.0 Å². The molecule has 8 N–H and O–H groups in total. The maximum atomic E-state index is 10.9. The zero-order valence-corrected chi connectivity index (χ0v) is 39.1. The molecule has 245 valence electrons. The van der Waals surface area contributed by atoms with Crippen LogP contribution in [0.15, 0.2) is 60.7 Å².